The fourth-order valence-electron chi connectivity index (χ4n) is 3.41. The largest absolute Gasteiger partial charge is 0.479 e. The Balaban J connectivity index is 1.64. The van der Waals surface area contributed by atoms with Crippen LogP contribution in [-0.2, 0) is 22.4 Å². The number of fused-ring (bicyclic) bond motifs is 2. The molecule has 1 amide bonds. The van der Waals surface area contributed by atoms with Crippen LogP contribution in [0.3, 0.4) is 0 Å². The van der Waals surface area contributed by atoms with E-state index in [9.17, 15) is 14.7 Å². The van der Waals surface area contributed by atoms with Gasteiger partial charge in [0.15, 0.2) is 11.6 Å². The zero-order valence-electron chi connectivity index (χ0n) is 13.4. The summed E-state index contributed by atoms with van der Waals surface area (Å²) in [4.78, 5) is 26.1. The lowest BCUT2D eigenvalue weighted by Gasteiger charge is -2.34. The topological polar surface area (TPSA) is 83.6 Å². The molecule has 1 aliphatic rings. The molecule has 3 aromatic rings. The molecule has 0 saturated heterocycles. The van der Waals surface area contributed by atoms with Crippen molar-refractivity contribution in [1.29, 1.82) is 0 Å². The van der Waals surface area contributed by atoms with Gasteiger partial charge in [0.2, 0.25) is 5.91 Å². The van der Waals surface area contributed by atoms with Crippen LogP contribution >= 0.6 is 0 Å². The third-order valence-corrected chi connectivity index (χ3v) is 4.61. The summed E-state index contributed by atoms with van der Waals surface area (Å²) in [6.07, 6.45) is 0.661. The van der Waals surface area contributed by atoms with Crippen LogP contribution in [0.25, 0.3) is 11.0 Å². The standard InChI is InChI=1S/C19H16N2O4/c22-17(11-15-14-7-3-4-8-16(14)25-20-15)21-10-9-12-5-1-2-6-13(12)18(21)19(23)24/h1-8,18H,9-11H2,(H,23,24). The van der Waals surface area contributed by atoms with E-state index in [0.29, 0.717) is 29.8 Å². The smallest absolute Gasteiger partial charge is 0.331 e. The first-order chi connectivity index (χ1) is 12.1. The average molecular weight is 336 g/mol. The molecule has 0 bridgehead atoms. The van der Waals surface area contributed by atoms with Crippen LogP contribution in [0.5, 0.6) is 0 Å². The summed E-state index contributed by atoms with van der Waals surface area (Å²) in [6.45, 7) is 0.378. The van der Waals surface area contributed by atoms with E-state index in [2.05, 4.69) is 5.16 Å². The number of carbonyl (C=O) groups is 2. The van der Waals surface area contributed by atoms with Crippen LogP contribution in [0.15, 0.2) is 53.1 Å². The fourth-order valence-corrected chi connectivity index (χ4v) is 3.41. The molecule has 0 saturated carbocycles. The first-order valence-corrected chi connectivity index (χ1v) is 8.08. The molecule has 0 spiro atoms. The zero-order chi connectivity index (χ0) is 17.4. The van der Waals surface area contributed by atoms with Crippen molar-refractivity contribution in [2.24, 2.45) is 0 Å². The number of hydrogen-bond donors (Lipinski definition) is 1. The van der Waals surface area contributed by atoms with Crippen molar-refractivity contribution < 1.29 is 19.2 Å². The van der Waals surface area contributed by atoms with Gasteiger partial charge in [0.05, 0.1) is 6.42 Å². The van der Waals surface area contributed by atoms with Gasteiger partial charge in [-0.15, -0.1) is 0 Å². The summed E-state index contributed by atoms with van der Waals surface area (Å²) in [7, 11) is 0. The highest BCUT2D eigenvalue weighted by Gasteiger charge is 2.36. The van der Waals surface area contributed by atoms with E-state index in [0.717, 1.165) is 10.9 Å². The van der Waals surface area contributed by atoms with Crippen LogP contribution < -0.4 is 0 Å². The van der Waals surface area contributed by atoms with Crippen molar-refractivity contribution in [3.05, 3.63) is 65.4 Å². The number of carboxylic acids is 1. The van der Waals surface area contributed by atoms with Gasteiger partial charge in [-0.05, 0) is 29.7 Å². The Morgan fingerprint density at radius 3 is 2.76 bits per heavy atom. The summed E-state index contributed by atoms with van der Waals surface area (Å²) in [5, 5.41) is 14.4. The minimum Gasteiger partial charge on any atom is -0.479 e. The van der Waals surface area contributed by atoms with E-state index >= 15 is 0 Å². The maximum absolute atomic E-state index is 12.8. The Morgan fingerprint density at radius 1 is 1.16 bits per heavy atom. The van der Waals surface area contributed by atoms with Gasteiger partial charge >= 0.3 is 5.97 Å². The molecule has 25 heavy (non-hydrogen) atoms. The summed E-state index contributed by atoms with van der Waals surface area (Å²) in [5.74, 6) is -1.29. The Labute approximate surface area is 143 Å². The zero-order valence-corrected chi connectivity index (χ0v) is 13.4. The Morgan fingerprint density at radius 2 is 1.92 bits per heavy atom. The minimum absolute atomic E-state index is 0.0168. The third-order valence-electron chi connectivity index (χ3n) is 4.61. The molecule has 0 fully saturated rings. The highest BCUT2D eigenvalue weighted by molar-refractivity contribution is 5.89. The molecule has 2 heterocycles. The maximum Gasteiger partial charge on any atom is 0.331 e. The normalized spacial score (nSPS) is 16.6. The van der Waals surface area contributed by atoms with Crippen LogP contribution in [0.1, 0.15) is 22.9 Å². The molecular formula is C19H16N2O4. The molecule has 0 aliphatic carbocycles. The van der Waals surface area contributed by atoms with Crippen molar-refractivity contribution >= 4 is 22.8 Å². The molecule has 1 atom stereocenters. The van der Waals surface area contributed by atoms with E-state index < -0.39 is 12.0 Å². The quantitative estimate of drug-likeness (QED) is 0.795. The number of aromatic nitrogens is 1. The molecule has 0 radical (unpaired) electrons. The van der Waals surface area contributed by atoms with E-state index in [-0.39, 0.29) is 12.3 Å². The van der Waals surface area contributed by atoms with Crippen molar-refractivity contribution in [1.82, 2.24) is 10.1 Å². The van der Waals surface area contributed by atoms with E-state index in [1.165, 1.54) is 4.90 Å². The van der Waals surface area contributed by atoms with Crippen LogP contribution in [-0.4, -0.2) is 33.6 Å². The van der Waals surface area contributed by atoms with Gasteiger partial charge in [-0.25, -0.2) is 4.79 Å². The molecule has 1 aromatic heterocycles. The van der Waals surface area contributed by atoms with Gasteiger partial charge < -0.3 is 14.5 Å². The van der Waals surface area contributed by atoms with Crippen molar-refractivity contribution in [3.8, 4) is 0 Å². The van der Waals surface area contributed by atoms with Gasteiger partial charge in [0.1, 0.15) is 5.69 Å². The monoisotopic (exact) mass is 336 g/mol. The molecule has 1 N–H and O–H groups in total. The first-order valence-electron chi connectivity index (χ1n) is 8.08. The number of carbonyl (C=O) groups excluding carboxylic acids is 1. The summed E-state index contributed by atoms with van der Waals surface area (Å²) in [6, 6.07) is 13.7. The Kier molecular flexibility index (Phi) is 3.72. The number of carboxylic acid groups (broad SMARTS) is 1. The van der Waals surface area contributed by atoms with Gasteiger partial charge in [-0.2, -0.15) is 0 Å². The lowest BCUT2D eigenvalue weighted by atomic mass is 9.92. The van der Waals surface area contributed by atoms with Gasteiger partial charge in [-0.1, -0.05) is 41.6 Å². The molecule has 1 unspecified atom stereocenters. The number of benzene rings is 2. The molecule has 4 rings (SSSR count). The fraction of sp³-hybridized carbons (Fsp3) is 0.211. The van der Waals surface area contributed by atoms with Crippen LogP contribution in [0, 0.1) is 0 Å². The highest BCUT2D eigenvalue weighted by atomic mass is 16.5. The van der Waals surface area contributed by atoms with Crippen molar-refractivity contribution in [2.75, 3.05) is 6.54 Å². The first kappa shape index (κ1) is 15.4. The number of para-hydroxylation sites is 1. The Bertz CT molecular complexity index is 963. The lowest BCUT2D eigenvalue weighted by molar-refractivity contribution is -0.151. The average Bonchev–Trinajstić information content (AvgIpc) is 3.03. The summed E-state index contributed by atoms with van der Waals surface area (Å²) in [5.41, 5.74) is 2.80. The van der Waals surface area contributed by atoms with Crippen LogP contribution in [0.2, 0.25) is 0 Å². The lowest BCUT2D eigenvalue weighted by Crippen LogP contribution is -2.44. The number of rotatable bonds is 3. The van der Waals surface area contributed by atoms with Crippen molar-refractivity contribution in [3.63, 3.8) is 0 Å². The second-order valence-corrected chi connectivity index (χ2v) is 6.08. The van der Waals surface area contributed by atoms with Crippen molar-refractivity contribution in [2.45, 2.75) is 18.9 Å². The molecule has 2 aromatic carbocycles. The third kappa shape index (κ3) is 2.65. The summed E-state index contributed by atoms with van der Waals surface area (Å²) < 4.78 is 5.23. The predicted octanol–water partition coefficient (Wildman–Crippen LogP) is 2.58. The molecular weight excluding hydrogens is 320 g/mol. The Hall–Kier alpha value is -3.15. The van der Waals surface area contributed by atoms with E-state index in [1.54, 1.807) is 18.2 Å². The number of amides is 1. The summed E-state index contributed by atoms with van der Waals surface area (Å²) >= 11 is 0. The predicted molar refractivity (Wildman–Crippen MR) is 89.9 cm³/mol. The number of aliphatic carboxylic acids is 1. The second-order valence-electron chi connectivity index (χ2n) is 6.08. The second kappa shape index (κ2) is 6.05. The molecule has 6 nitrogen and oxygen atoms in total. The molecule has 6 heteroatoms. The van der Waals surface area contributed by atoms with E-state index in [1.807, 2.05) is 30.3 Å². The van der Waals surface area contributed by atoms with Gasteiger partial charge in [-0.3, -0.25) is 4.79 Å². The van der Waals surface area contributed by atoms with Crippen LogP contribution in [0.4, 0.5) is 0 Å². The minimum atomic E-state index is -1.02. The van der Waals surface area contributed by atoms with E-state index in [4.69, 9.17) is 4.52 Å². The maximum atomic E-state index is 12.8. The number of hydrogen-bond acceptors (Lipinski definition) is 4. The molecule has 1 aliphatic heterocycles. The highest BCUT2D eigenvalue weighted by Crippen LogP contribution is 2.31. The molecule has 126 valence electrons. The SMILES string of the molecule is O=C(O)C1c2ccccc2CCN1C(=O)Cc1noc2ccccc12. The number of nitrogens with zero attached hydrogens (tertiary/aromatic N) is 2. The van der Waals surface area contributed by atoms with Gasteiger partial charge in [0.25, 0.3) is 0 Å². The van der Waals surface area contributed by atoms with Gasteiger partial charge in [0, 0.05) is 11.9 Å².